The SMILES string of the molecule is CC[C@H](OC)C(C)(C)CO. The van der Waals surface area contributed by atoms with Crippen molar-refractivity contribution in [3.63, 3.8) is 0 Å². The van der Waals surface area contributed by atoms with E-state index in [-0.39, 0.29) is 18.1 Å². The molecule has 0 bridgehead atoms. The second-order valence-electron chi connectivity index (χ2n) is 3.28. The monoisotopic (exact) mass is 146 g/mol. The Labute approximate surface area is 63.2 Å². The molecule has 1 N–H and O–H groups in total. The third kappa shape index (κ3) is 2.27. The van der Waals surface area contributed by atoms with E-state index in [2.05, 4.69) is 6.92 Å². The summed E-state index contributed by atoms with van der Waals surface area (Å²) >= 11 is 0. The van der Waals surface area contributed by atoms with Crippen molar-refractivity contribution in [2.45, 2.75) is 33.3 Å². The largest absolute Gasteiger partial charge is 0.396 e. The van der Waals surface area contributed by atoms with Crippen molar-refractivity contribution in [3.8, 4) is 0 Å². The molecule has 0 rings (SSSR count). The molecule has 10 heavy (non-hydrogen) atoms. The summed E-state index contributed by atoms with van der Waals surface area (Å²) in [4.78, 5) is 0. The van der Waals surface area contributed by atoms with Crippen LogP contribution in [-0.2, 0) is 4.74 Å². The van der Waals surface area contributed by atoms with E-state index in [1.807, 2.05) is 13.8 Å². The van der Waals surface area contributed by atoms with E-state index in [1.165, 1.54) is 0 Å². The summed E-state index contributed by atoms with van der Waals surface area (Å²) in [5.74, 6) is 0. The maximum absolute atomic E-state index is 8.95. The van der Waals surface area contributed by atoms with Gasteiger partial charge in [0.15, 0.2) is 0 Å². The lowest BCUT2D eigenvalue weighted by atomic mass is 9.86. The summed E-state index contributed by atoms with van der Waals surface area (Å²) in [5, 5.41) is 8.95. The van der Waals surface area contributed by atoms with Gasteiger partial charge in [-0.1, -0.05) is 20.8 Å². The van der Waals surface area contributed by atoms with Crippen LogP contribution in [0.5, 0.6) is 0 Å². The van der Waals surface area contributed by atoms with E-state index < -0.39 is 0 Å². The topological polar surface area (TPSA) is 29.5 Å². The molecule has 0 heterocycles. The standard InChI is InChI=1S/C8H18O2/c1-5-7(10-4)8(2,3)6-9/h7,9H,5-6H2,1-4H3/t7-/m0/s1. The lowest BCUT2D eigenvalue weighted by molar-refractivity contribution is -0.0252. The van der Waals surface area contributed by atoms with Gasteiger partial charge >= 0.3 is 0 Å². The molecule has 0 aliphatic carbocycles. The molecule has 62 valence electrons. The van der Waals surface area contributed by atoms with Gasteiger partial charge in [-0.3, -0.25) is 0 Å². The first kappa shape index (κ1) is 9.92. The third-order valence-electron chi connectivity index (χ3n) is 1.93. The lowest BCUT2D eigenvalue weighted by Gasteiger charge is -2.30. The fraction of sp³-hybridized carbons (Fsp3) is 1.00. The molecule has 0 amide bonds. The molecule has 0 aliphatic rings. The highest BCUT2D eigenvalue weighted by molar-refractivity contribution is 4.76. The van der Waals surface area contributed by atoms with Gasteiger partial charge in [0, 0.05) is 12.5 Å². The van der Waals surface area contributed by atoms with Gasteiger partial charge in [0.2, 0.25) is 0 Å². The van der Waals surface area contributed by atoms with E-state index in [1.54, 1.807) is 7.11 Å². The molecule has 0 spiro atoms. The molecule has 0 saturated carbocycles. The average molecular weight is 146 g/mol. The summed E-state index contributed by atoms with van der Waals surface area (Å²) in [6.07, 6.45) is 1.11. The highest BCUT2D eigenvalue weighted by Gasteiger charge is 2.26. The zero-order valence-corrected chi connectivity index (χ0v) is 7.35. The van der Waals surface area contributed by atoms with Crippen LogP contribution < -0.4 is 0 Å². The van der Waals surface area contributed by atoms with Crippen molar-refractivity contribution in [2.24, 2.45) is 5.41 Å². The molecule has 0 fully saturated rings. The first-order valence-electron chi connectivity index (χ1n) is 3.72. The van der Waals surface area contributed by atoms with Crippen LogP contribution >= 0.6 is 0 Å². The van der Waals surface area contributed by atoms with E-state index in [0.29, 0.717) is 0 Å². The van der Waals surface area contributed by atoms with Crippen LogP contribution in [0.25, 0.3) is 0 Å². The van der Waals surface area contributed by atoms with E-state index >= 15 is 0 Å². The second kappa shape index (κ2) is 3.94. The van der Waals surface area contributed by atoms with Crippen molar-refractivity contribution in [1.29, 1.82) is 0 Å². The molecular formula is C8H18O2. The zero-order valence-electron chi connectivity index (χ0n) is 7.35. The summed E-state index contributed by atoms with van der Waals surface area (Å²) in [6.45, 7) is 6.25. The Morgan fingerprint density at radius 1 is 1.50 bits per heavy atom. The maximum atomic E-state index is 8.95. The summed E-state index contributed by atoms with van der Waals surface area (Å²) in [7, 11) is 1.69. The molecule has 0 saturated heterocycles. The molecule has 0 unspecified atom stereocenters. The van der Waals surface area contributed by atoms with E-state index in [9.17, 15) is 0 Å². The van der Waals surface area contributed by atoms with Crippen LogP contribution in [0.4, 0.5) is 0 Å². The molecular weight excluding hydrogens is 128 g/mol. The Bertz CT molecular complexity index is 85.3. The van der Waals surface area contributed by atoms with Crippen molar-refractivity contribution < 1.29 is 9.84 Å². The van der Waals surface area contributed by atoms with Gasteiger partial charge in [-0.25, -0.2) is 0 Å². The maximum Gasteiger partial charge on any atom is 0.0641 e. The Morgan fingerprint density at radius 3 is 2.10 bits per heavy atom. The van der Waals surface area contributed by atoms with Gasteiger partial charge in [-0.05, 0) is 6.42 Å². The van der Waals surface area contributed by atoms with Crippen LogP contribution in [0, 0.1) is 5.41 Å². The highest BCUT2D eigenvalue weighted by Crippen LogP contribution is 2.23. The Kier molecular flexibility index (Phi) is 3.91. The minimum Gasteiger partial charge on any atom is -0.396 e. The minimum absolute atomic E-state index is 0.108. The highest BCUT2D eigenvalue weighted by atomic mass is 16.5. The predicted octanol–water partition coefficient (Wildman–Crippen LogP) is 1.43. The number of hydrogen-bond acceptors (Lipinski definition) is 2. The fourth-order valence-electron chi connectivity index (χ4n) is 1.14. The van der Waals surface area contributed by atoms with Gasteiger partial charge in [-0.15, -0.1) is 0 Å². The van der Waals surface area contributed by atoms with Gasteiger partial charge in [-0.2, -0.15) is 0 Å². The second-order valence-corrected chi connectivity index (χ2v) is 3.28. The number of hydrogen-bond donors (Lipinski definition) is 1. The van der Waals surface area contributed by atoms with Crippen LogP contribution in [-0.4, -0.2) is 24.9 Å². The average Bonchev–Trinajstić information content (AvgIpc) is 1.90. The molecule has 0 aromatic carbocycles. The van der Waals surface area contributed by atoms with E-state index in [0.717, 1.165) is 6.42 Å². The zero-order chi connectivity index (χ0) is 8.20. The Morgan fingerprint density at radius 2 is 2.00 bits per heavy atom. The number of ether oxygens (including phenoxy) is 1. The van der Waals surface area contributed by atoms with Gasteiger partial charge in [0.05, 0.1) is 12.7 Å². The predicted molar refractivity (Wildman–Crippen MR) is 42.0 cm³/mol. The van der Waals surface area contributed by atoms with E-state index in [4.69, 9.17) is 9.84 Å². The molecule has 0 aromatic rings. The van der Waals surface area contributed by atoms with Crippen molar-refractivity contribution in [2.75, 3.05) is 13.7 Å². The summed E-state index contributed by atoms with van der Waals surface area (Å²) in [6, 6.07) is 0. The molecule has 0 aliphatic heterocycles. The van der Waals surface area contributed by atoms with Gasteiger partial charge in [0.1, 0.15) is 0 Å². The van der Waals surface area contributed by atoms with Crippen molar-refractivity contribution in [1.82, 2.24) is 0 Å². The first-order valence-corrected chi connectivity index (χ1v) is 3.72. The number of methoxy groups -OCH3 is 1. The number of rotatable bonds is 4. The lowest BCUT2D eigenvalue weighted by Crippen LogP contribution is -2.33. The molecule has 2 heteroatoms. The Balaban J connectivity index is 3.97. The van der Waals surface area contributed by atoms with Crippen LogP contribution in [0.15, 0.2) is 0 Å². The molecule has 0 aromatic heterocycles. The normalized spacial score (nSPS) is 15.3. The van der Waals surface area contributed by atoms with Crippen LogP contribution in [0.1, 0.15) is 27.2 Å². The van der Waals surface area contributed by atoms with Crippen LogP contribution in [0.2, 0.25) is 0 Å². The van der Waals surface area contributed by atoms with Crippen molar-refractivity contribution in [3.05, 3.63) is 0 Å². The van der Waals surface area contributed by atoms with Gasteiger partial charge in [0.25, 0.3) is 0 Å². The summed E-state index contributed by atoms with van der Waals surface area (Å²) < 4.78 is 5.20. The van der Waals surface area contributed by atoms with Crippen molar-refractivity contribution >= 4 is 0 Å². The number of aliphatic hydroxyl groups excluding tert-OH is 1. The molecule has 0 radical (unpaired) electrons. The first-order chi connectivity index (χ1) is 4.58. The number of aliphatic hydroxyl groups is 1. The molecule has 2 nitrogen and oxygen atoms in total. The summed E-state index contributed by atoms with van der Waals surface area (Å²) in [5.41, 5.74) is -0.108. The van der Waals surface area contributed by atoms with Crippen LogP contribution in [0.3, 0.4) is 0 Å². The Hall–Kier alpha value is -0.0800. The fourth-order valence-corrected chi connectivity index (χ4v) is 1.14. The smallest absolute Gasteiger partial charge is 0.0641 e. The third-order valence-corrected chi connectivity index (χ3v) is 1.93. The minimum atomic E-state index is -0.108. The molecule has 1 atom stereocenters. The van der Waals surface area contributed by atoms with Gasteiger partial charge < -0.3 is 9.84 Å². The quantitative estimate of drug-likeness (QED) is 0.650.